The van der Waals surface area contributed by atoms with Gasteiger partial charge in [-0.1, -0.05) is 23.2 Å². The molecule has 0 saturated heterocycles. The number of hydrogen-bond acceptors (Lipinski definition) is 3. The third kappa shape index (κ3) is 3.71. The topological polar surface area (TPSA) is 72.2 Å². The van der Waals surface area contributed by atoms with Crippen LogP contribution >= 0.6 is 45.8 Å². The maximum Gasteiger partial charge on any atom is 0.264 e. The molecule has 2 aromatic rings. The molecule has 2 rings (SSSR count). The van der Waals surface area contributed by atoms with Crippen molar-refractivity contribution in [1.29, 1.82) is 0 Å². The number of halogens is 4. The molecule has 0 aromatic heterocycles. The molecule has 0 fully saturated rings. The number of nitrogens with two attached hydrogens (primary N) is 1. The zero-order chi connectivity index (χ0) is 15.8. The summed E-state index contributed by atoms with van der Waals surface area (Å²) >= 11 is 13.3. The maximum absolute atomic E-state index is 13.9. The standard InChI is InChI=1S/C12H8Cl2FIN2O2S/c13-6-1-2-10(9(16)3-6)18-21(19,20)11-5-7(17)4-8(14)12(11)15/h1-5,18H,17H2. The van der Waals surface area contributed by atoms with Crippen molar-refractivity contribution in [2.75, 3.05) is 10.5 Å². The van der Waals surface area contributed by atoms with Crippen LogP contribution in [0.4, 0.5) is 15.8 Å². The van der Waals surface area contributed by atoms with E-state index in [9.17, 15) is 12.8 Å². The Balaban J connectivity index is 2.48. The fraction of sp³-hybridized carbons (Fsp3) is 0. The van der Waals surface area contributed by atoms with E-state index in [1.54, 1.807) is 6.07 Å². The summed E-state index contributed by atoms with van der Waals surface area (Å²) in [7, 11) is -4.16. The van der Waals surface area contributed by atoms with E-state index in [2.05, 4.69) is 4.72 Å². The van der Waals surface area contributed by atoms with Crippen LogP contribution in [-0.2, 0) is 10.0 Å². The highest BCUT2D eigenvalue weighted by Crippen LogP contribution is 2.29. The molecule has 0 aliphatic heterocycles. The predicted molar refractivity (Wildman–Crippen MR) is 90.8 cm³/mol. The van der Waals surface area contributed by atoms with Gasteiger partial charge >= 0.3 is 0 Å². The molecule has 0 atom stereocenters. The van der Waals surface area contributed by atoms with E-state index in [0.29, 0.717) is 8.59 Å². The fourth-order valence-electron chi connectivity index (χ4n) is 1.55. The van der Waals surface area contributed by atoms with E-state index in [1.165, 1.54) is 12.1 Å². The quantitative estimate of drug-likeness (QED) is 0.534. The molecule has 0 aliphatic rings. The summed E-state index contributed by atoms with van der Waals surface area (Å²) in [5.74, 6) is -1.05. The van der Waals surface area contributed by atoms with Gasteiger partial charge in [-0.3, -0.25) is 4.72 Å². The van der Waals surface area contributed by atoms with Gasteiger partial charge in [0.05, 0.1) is 10.7 Å². The minimum Gasteiger partial charge on any atom is -0.399 e. The Morgan fingerprint density at radius 3 is 2.48 bits per heavy atom. The largest absolute Gasteiger partial charge is 0.399 e. The second kappa shape index (κ2) is 6.15. The molecule has 0 radical (unpaired) electrons. The lowest BCUT2D eigenvalue weighted by Gasteiger charge is -2.12. The van der Waals surface area contributed by atoms with Crippen LogP contribution < -0.4 is 10.5 Å². The van der Waals surface area contributed by atoms with Crippen molar-refractivity contribution in [2.24, 2.45) is 0 Å². The number of nitrogens with one attached hydrogen (secondary N) is 1. The average molecular weight is 461 g/mol. The monoisotopic (exact) mass is 460 g/mol. The van der Waals surface area contributed by atoms with Gasteiger partial charge in [-0.2, -0.15) is 0 Å². The van der Waals surface area contributed by atoms with E-state index in [-0.39, 0.29) is 16.4 Å². The molecular formula is C12H8Cl2FIN2O2S. The molecule has 4 nitrogen and oxygen atoms in total. The first kappa shape index (κ1) is 16.6. The molecule has 0 bridgehead atoms. The lowest BCUT2D eigenvalue weighted by atomic mass is 10.3. The van der Waals surface area contributed by atoms with E-state index >= 15 is 0 Å². The van der Waals surface area contributed by atoms with Crippen molar-refractivity contribution < 1.29 is 12.8 Å². The third-order valence-corrected chi connectivity index (χ3v) is 5.25. The maximum atomic E-state index is 13.9. The van der Waals surface area contributed by atoms with Gasteiger partial charge in [-0.25, -0.2) is 12.8 Å². The fourth-order valence-corrected chi connectivity index (χ4v) is 4.24. The van der Waals surface area contributed by atoms with Gasteiger partial charge in [-0.15, -0.1) is 0 Å². The summed E-state index contributed by atoms with van der Waals surface area (Å²) in [6.07, 6.45) is 0. The van der Waals surface area contributed by atoms with Crippen LogP contribution in [0.2, 0.25) is 10.0 Å². The smallest absolute Gasteiger partial charge is 0.264 e. The molecule has 9 heteroatoms. The highest BCUT2D eigenvalue weighted by Gasteiger charge is 2.22. The lowest BCUT2D eigenvalue weighted by molar-refractivity contribution is 0.571. The van der Waals surface area contributed by atoms with Crippen LogP contribution in [0.15, 0.2) is 35.2 Å². The molecule has 0 aliphatic carbocycles. The summed E-state index contributed by atoms with van der Waals surface area (Å²) in [5, 5.41) is 0.0988. The predicted octanol–water partition coefficient (Wildman–Crippen LogP) is 4.12. The number of benzene rings is 2. The van der Waals surface area contributed by atoms with Gasteiger partial charge in [0.25, 0.3) is 10.0 Å². The van der Waals surface area contributed by atoms with Gasteiger partial charge in [0.1, 0.15) is 4.90 Å². The highest BCUT2D eigenvalue weighted by molar-refractivity contribution is 14.1. The minimum atomic E-state index is -4.16. The lowest BCUT2D eigenvalue weighted by Crippen LogP contribution is -2.16. The van der Waals surface area contributed by atoms with Crippen LogP contribution in [0, 0.1) is 9.39 Å². The number of sulfonamides is 1. The van der Waals surface area contributed by atoms with Gasteiger partial charge in [-0.05, 0) is 52.9 Å². The summed E-state index contributed by atoms with van der Waals surface area (Å²) in [4.78, 5) is -0.613. The highest BCUT2D eigenvalue weighted by atomic mass is 127. The summed E-state index contributed by atoms with van der Waals surface area (Å²) < 4.78 is 41.3. The number of rotatable bonds is 3. The Morgan fingerprint density at radius 2 is 1.86 bits per heavy atom. The van der Waals surface area contributed by atoms with Crippen LogP contribution in [0.5, 0.6) is 0 Å². The van der Waals surface area contributed by atoms with E-state index < -0.39 is 20.7 Å². The van der Waals surface area contributed by atoms with E-state index in [1.807, 2.05) is 22.6 Å². The van der Waals surface area contributed by atoms with Gasteiger partial charge in [0.15, 0.2) is 5.82 Å². The molecule has 112 valence electrons. The molecular weight excluding hydrogens is 453 g/mol. The third-order valence-electron chi connectivity index (χ3n) is 2.48. The van der Waals surface area contributed by atoms with Crippen molar-refractivity contribution in [3.8, 4) is 0 Å². The molecule has 0 saturated carbocycles. The van der Waals surface area contributed by atoms with Crippen molar-refractivity contribution in [2.45, 2.75) is 4.90 Å². The Labute approximate surface area is 144 Å². The Hall–Kier alpha value is -0.770. The van der Waals surface area contributed by atoms with Crippen molar-refractivity contribution in [1.82, 2.24) is 0 Å². The molecule has 0 heterocycles. The first-order chi connectivity index (χ1) is 9.70. The summed E-state index contributed by atoms with van der Waals surface area (Å²) in [6, 6.07) is 6.72. The molecule has 0 spiro atoms. The zero-order valence-corrected chi connectivity index (χ0v) is 14.7. The summed E-state index contributed by atoms with van der Waals surface area (Å²) in [6.45, 7) is 0. The van der Waals surface area contributed by atoms with Crippen molar-refractivity contribution in [3.63, 3.8) is 0 Å². The molecule has 0 amide bonds. The molecule has 2 aromatic carbocycles. The van der Waals surface area contributed by atoms with E-state index in [4.69, 9.17) is 28.9 Å². The first-order valence-electron chi connectivity index (χ1n) is 5.43. The first-order valence-corrected chi connectivity index (χ1v) is 8.75. The van der Waals surface area contributed by atoms with Crippen LogP contribution in [-0.4, -0.2) is 8.42 Å². The normalized spacial score (nSPS) is 11.4. The Kier molecular flexibility index (Phi) is 4.86. The second-order valence-electron chi connectivity index (χ2n) is 4.04. The van der Waals surface area contributed by atoms with E-state index in [0.717, 1.165) is 12.1 Å². The Bertz CT molecular complexity index is 815. The van der Waals surface area contributed by atoms with Gasteiger partial charge in [0.2, 0.25) is 0 Å². The zero-order valence-electron chi connectivity index (χ0n) is 10.2. The summed E-state index contributed by atoms with van der Waals surface area (Å²) in [5.41, 5.74) is 5.83. The van der Waals surface area contributed by atoms with Gasteiger partial charge in [0, 0.05) is 14.3 Å². The van der Waals surface area contributed by atoms with Crippen molar-refractivity contribution >= 4 is 67.2 Å². The van der Waals surface area contributed by atoms with Crippen molar-refractivity contribution in [3.05, 3.63) is 49.8 Å². The SMILES string of the molecule is Nc1cc(Cl)c(F)c(S(=O)(=O)Nc2ccc(Cl)cc2I)c1. The second-order valence-corrected chi connectivity index (χ2v) is 7.70. The van der Waals surface area contributed by atoms with Crippen LogP contribution in [0.1, 0.15) is 0 Å². The molecule has 21 heavy (non-hydrogen) atoms. The Morgan fingerprint density at radius 1 is 1.19 bits per heavy atom. The number of hydrogen-bond donors (Lipinski definition) is 2. The number of nitrogen functional groups attached to an aromatic ring is 1. The average Bonchev–Trinajstić information content (AvgIpc) is 2.37. The van der Waals surface area contributed by atoms with Crippen LogP contribution in [0.25, 0.3) is 0 Å². The van der Waals surface area contributed by atoms with Crippen LogP contribution in [0.3, 0.4) is 0 Å². The molecule has 0 unspecified atom stereocenters. The minimum absolute atomic E-state index is 0.0487. The number of anilines is 2. The molecule has 3 N–H and O–H groups in total. The van der Waals surface area contributed by atoms with Gasteiger partial charge < -0.3 is 5.73 Å².